The van der Waals surface area contributed by atoms with Crippen LogP contribution in [0.3, 0.4) is 0 Å². The maximum Gasteiger partial charge on any atom is 0.240 e. The van der Waals surface area contributed by atoms with Crippen molar-refractivity contribution in [2.45, 2.75) is 37.8 Å². The second-order valence-corrected chi connectivity index (χ2v) is 7.68. The van der Waals surface area contributed by atoms with E-state index in [1.807, 2.05) is 13.8 Å². The van der Waals surface area contributed by atoms with Crippen molar-refractivity contribution in [3.8, 4) is 5.75 Å². The topological polar surface area (TPSA) is 86.1 Å². The molecule has 124 valence electrons. The summed E-state index contributed by atoms with van der Waals surface area (Å²) in [5.74, 6) is 0.888. The van der Waals surface area contributed by atoms with E-state index in [9.17, 15) is 8.42 Å². The molecule has 1 aliphatic heterocycles. The summed E-state index contributed by atoms with van der Waals surface area (Å²) in [5, 5.41) is 7.65. The molecule has 0 spiro atoms. The fourth-order valence-corrected chi connectivity index (χ4v) is 3.94. The predicted molar refractivity (Wildman–Crippen MR) is 84.6 cm³/mol. The van der Waals surface area contributed by atoms with Crippen LogP contribution in [-0.4, -0.2) is 36.1 Å². The number of nitrogens with zero attached hydrogens (tertiary/aromatic N) is 3. The number of benzene rings is 1. The van der Waals surface area contributed by atoms with Crippen LogP contribution in [0.15, 0.2) is 35.5 Å². The van der Waals surface area contributed by atoms with Crippen molar-refractivity contribution in [3.63, 3.8) is 0 Å². The van der Waals surface area contributed by atoms with Gasteiger partial charge in [-0.05, 0) is 29.7 Å². The molecule has 0 saturated heterocycles. The lowest BCUT2D eigenvalue weighted by atomic mass is 10.1. The minimum Gasteiger partial charge on any atom is -0.493 e. The van der Waals surface area contributed by atoms with Gasteiger partial charge in [0.25, 0.3) is 0 Å². The van der Waals surface area contributed by atoms with Gasteiger partial charge in [-0.1, -0.05) is 19.1 Å². The van der Waals surface area contributed by atoms with Crippen LogP contribution in [-0.2, 0) is 23.0 Å². The van der Waals surface area contributed by atoms with Crippen molar-refractivity contribution in [2.24, 2.45) is 5.92 Å². The van der Waals surface area contributed by atoms with E-state index in [-0.39, 0.29) is 16.9 Å². The summed E-state index contributed by atoms with van der Waals surface area (Å²) in [6.07, 6.45) is 4.04. The third kappa shape index (κ3) is 3.53. The second-order valence-electron chi connectivity index (χ2n) is 5.96. The molecule has 1 atom stereocenters. The Labute approximate surface area is 135 Å². The van der Waals surface area contributed by atoms with Crippen molar-refractivity contribution >= 4 is 10.0 Å². The molecule has 7 nitrogen and oxygen atoms in total. The van der Waals surface area contributed by atoms with Crippen LogP contribution in [0, 0.1) is 5.92 Å². The first-order valence-corrected chi connectivity index (χ1v) is 9.06. The number of aromatic nitrogens is 3. The number of nitrogens with one attached hydrogen (secondary N) is 1. The summed E-state index contributed by atoms with van der Waals surface area (Å²) in [5.41, 5.74) is 0.935. The van der Waals surface area contributed by atoms with E-state index in [2.05, 4.69) is 15.0 Å². The van der Waals surface area contributed by atoms with Gasteiger partial charge in [0.15, 0.2) is 0 Å². The zero-order valence-electron chi connectivity index (χ0n) is 13.1. The van der Waals surface area contributed by atoms with Gasteiger partial charge >= 0.3 is 0 Å². The quantitative estimate of drug-likeness (QED) is 0.857. The third-order valence-electron chi connectivity index (χ3n) is 3.94. The van der Waals surface area contributed by atoms with Gasteiger partial charge in [0.1, 0.15) is 5.75 Å². The monoisotopic (exact) mass is 336 g/mol. The van der Waals surface area contributed by atoms with Crippen molar-refractivity contribution in [1.29, 1.82) is 0 Å². The molecule has 23 heavy (non-hydrogen) atoms. The van der Waals surface area contributed by atoms with Gasteiger partial charge in [0.05, 0.1) is 24.2 Å². The molecule has 1 aliphatic rings. The highest BCUT2D eigenvalue weighted by Gasteiger charge is 2.25. The van der Waals surface area contributed by atoms with Crippen molar-refractivity contribution in [1.82, 2.24) is 19.7 Å². The maximum absolute atomic E-state index is 12.7. The highest BCUT2D eigenvalue weighted by Crippen LogP contribution is 2.27. The van der Waals surface area contributed by atoms with E-state index in [4.69, 9.17) is 4.74 Å². The Balaban J connectivity index is 1.80. The van der Waals surface area contributed by atoms with Crippen molar-refractivity contribution < 1.29 is 13.2 Å². The first-order valence-electron chi connectivity index (χ1n) is 7.58. The Kier molecular flexibility index (Phi) is 4.36. The van der Waals surface area contributed by atoms with Gasteiger partial charge in [-0.2, -0.15) is 0 Å². The van der Waals surface area contributed by atoms with Gasteiger partial charge in [-0.15, -0.1) is 5.10 Å². The molecule has 0 fully saturated rings. The lowest BCUT2D eigenvalue weighted by Crippen LogP contribution is -2.41. The molecule has 0 radical (unpaired) electrons. The summed E-state index contributed by atoms with van der Waals surface area (Å²) in [4.78, 5) is 0.269. The first kappa shape index (κ1) is 15.9. The molecule has 1 aromatic carbocycles. The molecule has 3 rings (SSSR count). The van der Waals surface area contributed by atoms with Gasteiger partial charge < -0.3 is 4.74 Å². The summed E-state index contributed by atoms with van der Waals surface area (Å²) < 4.78 is 35.2. The molecule has 2 heterocycles. The van der Waals surface area contributed by atoms with Gasteiger partial charge in [0.2, 0.25) is 10.0 Å². The van der Waals surface area contributed by atoms with Crippen LogP contribution < -0.4 is 9.46 Å². The summed E-state index contributed by atoms with van der Waals surface area (Å²) in [7, 11) is -3.60. The Hall–Kier alpha value is -1.93. The minimum absolute atomic E-state index is 0.117. The lowest BCUT2D eigenvalue weighted by molar-refractivity contribution is 0.356. The number of sulfonamides is 1. The Bertz CT molecular complexity index is 772. The highest BCUT2D eigenvalue weighted by molar-refractivity contribution is 7.89. The third-order valence-corrected chi connectivity index (χ3v) is 5.43. The molecule has 0 saturated carbocycles. The van der Waals surface area contributed by atoms with Crippen LogP contribution >= 0.6 is 0 Å². The number of fused-ring (bicyclic) bond motifs is 1. The van der Waals surface area contributed by atoms with Gasteiger partial charge in [-0.25, -0.2) is 13.1 Å². The molecule has 0 bridgehead atoms. The van der Waals surface area contributed by atoms with Crippen LogP contribution in [0.1, 0.15) is 19.4 Å². The number of hydrogen-bond donors (Lipinski definition) is 1. The van der Waals surface area contributed by atoms with Gasteiger partial charge in [0, 0.05) is 18.7 Å². The van der Waals surface area contributed by atoms with E-state index in [1.165, 1.54) is 0 Å². The van der Waals surface area contributed by atoms with Crippen LogP contribution in [0.25, 0.3) is 0 Å². The van der Waals surface area contributed by atoms with Crippen LogP contribution in [0.5, 0.6) is 5.75 Å². The Morgan fingerprint density at radius 1 is 1.39 bits per heavy atom. The molecular formula is C15H20N4O3S. The van der Waals surface area contributed by atoms with Crippen LogP contribution in [0.2, 0.25) is 0 Å². The predicted octanol–water partition coefficient (Wildman–Crippen LogP) is 1.22. The second kappa shape index (κ2) is 6.29. The van der Waals surface area contributed by atoms with E-state index in [1.54, 1.807) is 35.3 Å². The summed E-state index contributed by atoms with van der Waals surface area (Å²) >= 11 is 0. The normalized spacial score (nSPS) is 15.4. The molecule has 0 unspecified atom stereocenters. The smallest absolute Gasteiger partial charge is 0.240 e. The summed E-state index contributed by atoms with van der Waals surface area (Å²) in [6.45, 7) is 4.99. The van der Waals surface area contributed by atoms with E-state index in [0.717, 1.165) is 17.7 Å². The fourth-order valence-electron chi connectivity index (χ4n) is 2.51. The largest absolute Gasteiger partial charge is 0.493 e. The molecule has 0 aliphatic carbocycles. The minimum atomic E-state index is -3.60. The van der Waals surface area contributed by atoms with E-state index in [0.29, 0.717) is 13.2 Å². The average molecular weight is 336 g/mol. The standard InChI is InChI=1S/C15H20N4O3S/c1-11(2)14(10-19-7-6-16-18-19)17-23(20,21)13-3-4-15-12(9-13)5-8-22-15/h3-4,6-7,9,11,14,17H,5,8,10H2,1-2H3/t14-/m0/s1. The highest BCUT2D eigenvalue weighted by atomic mass is 32.2. The summed E-state index contributed by atoms with van der Waals surface area (Å²) in [6, 6.07) is 4.72. The van der Waals surface area contributed by atoms with Crippen LogP contribution in [0.4, 0.5) is 0 Å². The van der Waals surface area contributed by atoms with E-state index >= 15 is 0 Å². The fraction of sp³-hybridized carbons (Fsp3) is 0.467. The molecule has 2 aromatic rings. The lowest BCUT2D eigenvalue weighted by Gasteiger charge is -2.22. The van der Waals surface area contributed by atoms with Gasteiger partial charge in [-0.3, -0.25) is 4.68 Å². The molecule has 1 N–H and O–H groups in total. The average Bonchev–Trinajstić information content (AvgIpc) is 3.16. The van der Waals surface area contributed by atoms with Crippen molar-refractivity contribution in [2.75, 3.05) is 6.61 Å². The molecular weight excluding hydrogens is 316 g/mol. The Morgan fingerprint density at radius 2 is 2.22 bits per heavy atom. The number of ether oxygens (including phenoxy) is 1. The molecule has 1 aromatic heterocycles. The van der Waals surface area contributed by atoms with E-state index < -0.39 is 10.0 Å². The molecule has 8 heteroatoms. The first-order chi connectivity index (χ1) is 11.0. The number of rotatable bonds is 6. The Morgan fingerprint density at radius 3 is 2.91 bits per heavy atom. The maximum atomic E-state index is 12.7. The SMILES string of the molecule is CC(C)[C@H](Cn1ccnn1)NS(=O)(=O)c1ccc2c(c1)CCO2. The zero-order chi connectivity index (χ0) is 16.4. The molecule has 0 amide bonds. The van der Waals surface area contributed by atoms with Crippen molar-refractivity contribution in [3.05, 3.63) is 36.2 Å². The zero-order valence-corrected chi connectivity index (χ0v) is 14.0. The number of hydrogen-bond acceptors (Lipinski definition) is 5.